The molecule has 0 heterocycles. The Kier molecular flexibility index (Phi) is 5.51. The van der Waals surface area contributed by atoms with Gasteiger partial charge in [-0.1, -0.05) is 19.9 Å². The van der Waals surface area contributed by atoms with Crippen LogP contribution in [-0.4, -0.2) is 20.3 Å². The minimum atomic E-state index is 0.288. The van der Waals surface area contributed by atoms with Crippen molar-refractivity contribution in [3.05, 3.63) is 23.8 Å². The van der Waals surface area contributed by atoms with Crippen LogP contribution in [0.15, 0.2) is 18.2 Å². The van der Waals surface area contributed by atoms with E-state index in [0.29, 0.717) is 6.04 Å². The topological polar surface area (TPSA) is 30.5 Å². The summed E-state index contributed by atoms with van der Waals surface area (Å²) in [6.45, 7) is 6.96. The molecule has 0 radical (unpaired) electrons. The van der Waals surface area contributed by atoms with Crippen LogP contribution in [0.3, 0.4) is 0 Å². The van der Waals surface area contributed by atoms with E-state index in [1.54, 1.807) is 14.2 Å². The van der Waals surface area contributed by atoms with Crippen molar-refractivity contribution in [2.75, 3.05) is 14.2 Å². The Morgan fingerprint density at radius 2 is 1.86 bits per heavy atom. The molecule has 0 aliphatic heterocycles. The lowest BCUT2D eigenvalue weighted by Gasteiger charge is -2.34. The molecule has 1 aromatic rings. The minimum absolute atomic E-state index is 0.288. The summed E-state index contributed by atoms with van der Waals surface area (Å²) in [5, 5.41) is 3.78. The standard InChI is InChI=1S/C18H29NO2/c1-12-6-7-15(10-13(12)2)19-14(3)17-9-8-16(20-4)11-18(17)21-5/h8-9,11-15,19H,6-7,10H2,1-5H3. The molecule has 1 aromatic carbocycles. The molecule has 1 saturated carbocycles. The highest BCUT2D eigenvalue weighted by Gasteiger charge is 2.26. The highest BCUT2D eigenvalue weighted by Crippen LogP contribution is 2.33. The predicted molar refractivity (Wildman–Crippen MR) is 87.1 cm³/mol. The molecule has 1 aliphatic rings. The lowest BCUT2D eigenvalue weighted by Crippen LogP contribution is -2.37. The molecular formula is C18H29NO2. The molecule has 1 N–H and O–H groups in total. The average Bonchev–Trinajstić information content (AvgIpc) is 2.50. The zero-order valence-electron chi connectivity index (χ0n) is 14.0. The molecule has 2 rings (SSSR count). The minimum Gasteiger partial charge on any atom is -0.497 e. The van der Waals surface area contributed by atoms with Crippen molar-refractivity contribution >= 4 is 0 Å². The average molecular weight is 291 g/mol. The van der Waals surface area contributed by atoms with Crippen LogP contribution in [0.25, 0.3) is 0 Å². The third-order valence-electron chi connectivity index (χ3n) is 4.99. The zero-order chi connectivity index (χ0) is 15.4. The molecular weight excluding hydrogens is 262 g/mol. The lowest BCUT2D eigenvalue weighted by atomic mass is 9.79. The first kappa shape index (κ1) is 16.2. The highest BCUT2D eigenvalue weighted by molar-refractivity contribution is 5.42. The molecule has 0 amide bonds. The first-order chi connectivity index (χ1) is 10.0. The monoisotopic (exact) mass is 291 g/mol. The van der Waals surface area contributed by atoms with Crippen molar-refractivity contribution in [2.24, 2.45) is 11.8 Å². The van der Waals surface area contributed by atoms with E-state index in [1.807, 2.05) is 12.1 Å². The van der Waals surface area contributed by atoms with Gasteiger partial charge in [0, 0.05) is 23.7 Å². The van der Waals surface area contributed by atoms with Crippen molar-refractivity contribution in [3.8, 4) is 11.5 Å². The van der Waals surface area contributed by atoms with Gasteiger partial charge in [0.15, 0.2) is 0 Å². The Morgan fingerprint density at radius 3 is 2.48 bits per heavy atom. The van der Waals surface area contributed by atoms with Gasteiger partial charge in [0.25, 0.3) is 0 Å². The van der Waals surface area contributed by atoms with E-state index in [9.17, 15) is 0 Å². The summed E-state index contributed by atoms with van der Waals surface area (Å²) < 4.78 is 10.8. The van der Waals surface area contributed by atoms with Gasteiger partial charge in [0.2, 0.25) is 0 Å². The Hall–Kier alpha value is -1.22. The van der Waals surface area contributed by atoms with Gasteiger partial charge in [-0.3, -0.25) is 0 Å². The van der Waals surface area contributed by atoms with Crippen LogP contribution < -0.4 is 14.8 Å². The normalized spacial score (nSPS) is 27.2. The fourth-order valence-corrected chi connectivity index (χ4v) is 3.32. The van der Waals surface area contributed by atoms with Crippen molar-refractivity contribution < 1.29 is 9.47 Å². The second-order valence-electron chi connectivity index (χ2n) is 6.46. The Bertz CT molecular complexity index is 461. The summed E-state index contributed by atoms with van der Waals surface area (Å²) in [4.78, 5) is 0. The van der Waals surface area contributed by atoms with E-state index in [1.165, 1.54) is 24.8 Å². The van der Waals surface area contributed by atoms with Crippen LogP contribution in [0.4, 0.5) is 0 Å². The number of hydrogen-bond donors (Lipinski definition) is 1. The highest BCUT2D eigenvalue weighted by atomic mass is 16.5. The number of nitrogens with one attached hydrogen (secondary N) is 1. The van der Waals surface area contributed by atoms with Crippen LogP contribution in [-0.2, 0) is 0 Å². The number of benzene rings is 1. The molecule has 21 heavy (non-hydrogen) atoms. The van der Waals surface area contributed by atoms with Crippen molar-refractivity contribution in [2.45, 2.75) is 52.1 Å². The third-order valence-corrected chi connectivity index (χ3v) is 4.99. The number of rotatable bonds is 5. The predicted octanol–water partition coefficient (Wildman–Crippen LogP) is 4.18. The van der Waals surface area contributed by atoms with Crippen LogP contribution in [0, 0.1) is 11.8 Å². The van der Waals surface area contributed by atoms with E-state index in [-0.39, 0.29) is 6.04 Å². The van der Waals surface area contributed by atoms with E-state index in [0.717, 1.165) is 23.3 Å². The maximum absolute atomic E-state index is 5.52. The van der Waals surface area contributed by atoms with Gasteiger partial charge < -0.3 is 14.8 Å². The van der Waals surface area contributed by atoms with E-state index < -0.39 is 0 Å². The van der Waals surface area contributed by atoms with Gasteiger partial charge in [0.05, 0.1) is 14.2 Å². The van der Waals surface area contributed by atoms with Crippen LogP contribution >= 0.6 is 0 Å². The Balaban J connectivity index is 2.04. The molecule has 0 spiro atoms. The maximum atomic E-state index is 5.52. The van der Waals surface area contributed by atoms with Crippen LogP contribution in [0.1, 0.15) is 51.6 Å². The number of methoxy groups -OCH3 is 2. The molecule has 118 valence electrons. The van der Waals surface area contributed by atoms with E-state index in [2.05, 4.69) is 32.2 Å². The number of hydrogen-bond acceptors (Lipinski definition) is 3. The third kappa shape index (κ3) is 3.91. The largest absolute Gasteiger partial charge is 0.497 e. The summed E-state index contributed by atoms with van der Waals surface area (Å²) >= 11 is 0. The zero-order valence-corrected chi connectivity index (χ0v) is 14.0. The molecule has 1 fully saturated rings. The summed E-state index contributed by atoms with van der Waals surface area (Å²) in [7, 11) is 3.40. The summed E-state index contributed by atoms with van der Waals surface area (Å²) in [5.41, 5.74) is 1.20. The van der Waals surface area contributed by atoms with Gasteiger partial charge in [-0.15, -0.1) is 0 Å². The lowest BCUT2D eigenvalue weighted by molar-refractivity contribution is 0.216. The number of ether oxygens (including phenoxy) is 2. The molecule has 3 nitrogen and oxygen atoms in total. The van der Waals surface area contributed by atoms with Crippen molar-refractivity contribution in [3.63, 3.8) is 0 Å². The molecule has 0 saturated heterocycles. The van der Waals surface area contributed by atoms with Crippen LogP contribution in [0.2, 0.25) is 0 Å². The summed E-state index contributed by atoms with van der Waals surface area (Å²) in [6.07, 6.45) is 3.86. The first-order valence-corrected chi connectivity index (χ1v) is 8.03. The first-order valence-electron chi connectivity index (χ1n) is 8.03. The molecule has 4 atom stereocenters. The quantitative estimate of drug-likeness (QED) is 0.883. The fraction of sp³-hybridized carbons (Fsp3) is 0.667. The van der Waals surface area contributed by atoms with Gasteiger partial charge in [-0.2, -0.15) is 0 Å². The van der Waals surface area contributed by atoms with Gasteiger partial charge in [-0.25, -0.2) is 0 Å². The second kappa shape index (κ2) is 7.17. The van der Waals surface area contributed by atoms with Gasteiger partial charge >= 0.3 is 0 Å². The second-order valence-corrected chi connectivity index (χ2v) is 6.46. The Morgan fingerprint density at radius 1 is 1.10 bits per heavy atom. The molecule has 1 aliphatic carbocycles. The molecule has 0 aromatic heterocycles. The SMILES string of the molecule is COc1ccc(C(C)NC2CCC(C)C(C)C2)c(OC)c1. The summed E-state index contributed by atoms with van der Waals surface area (Å²) in [6, 6.07) is 6.96. The molecule has 4 unspecified atom stereocenters. The van der Waals surface area contributed by atoms with Crippen molar-refractivity contribution in [1.29, 1.82) is 0 Å². The molecule has 0 bridgehead atoms. The van der Waals surface area contributed by atoms with Crippen LogP contribution in [0.5, 0.6) is 11.5 Å². The maximum Gasteiger partial charge on any atom is 0.127 e. The van der Waals surface area contributed by atoms with E-state index in [4.69, 9.17) is 9.47 Å². The Labute approximate surface area is 129 Å². The van der Waals surface area contributed by atoms with Gasteiger partial charge in [-0.05, 0) is 44.1 Å². The smallest absolute Gasteiger partial charge is 0.127 e. The molecule has 3 heteroatoms. The fourth-order valence-electron chi connectivity index (χ4n) is 3.32. The summed E-state index contributed by atoms with van der Waals surface area (Å²) in [5.74, 6) is 3.39. The van der Waals surface area contributed by atoms with Crippen molar-refractivity contribution in [1.82, 2.24) is 5.32 Å². The van der Waals surface area contributed by atoms with Gasteiger partial charge in [0.1, 0.15) is 11.5 Å². The van der Waals surface area contributed by atoms with E-state index >= 15 is 0 Å².